The molecule has 1 aromatic heterocycles. The van der Waals surface area contributed by atoms with Gasteiger partial charge in [0, 0.05) is 17.7 Å². The van der Waals surface area contributed by atoms with Crippen molar-refractivity contribution in [1.29, 1.82) is 0 Å². The summed E-state index contributed by atoms with van der Waals surface area (Å²) >= 11 is 6.19. The van der Waals surface area contributed by atoms with Crippen LogP contribution >= 0.6 is 24.4 Å². The van der Waals surface area contributed by atoms with Crippen molar-refractivity contribution in [2.75, 3.05) is 11.5 Å². The van der Waals surface area contributed by atoms with E-state index in [1.807, 2.05) is 11.8 Å². The van der Waals surface area contributed by atoms with E-state index in [-0.39, 0.29) is 0 Å². The van der Waals surface area contributed by atoms with Crippen molar-refractivity contribution in [2.24, 2.45) is 5.92 Å². The van der Waals surface area contributed by atoms with E-state index in [2.05, 4.69) is 34.3 Å². The predicted molar refractivity (Wildman–Crippen MR) is 74.0 cm³/mol. The van der Waals surface area contributed by atoms with Crippen LogP contribution in [0.4, 0.5) is 0 Å². The fourth-order valence-corrected chi connectivity index (χ4v) is 3.29. The molecule has 0 radical (unpaired) electrons. The Kier molecular flexibility index (Phi) is 3.39. The van der Waals surface area contributed by atoms with E-state index in [9.17, 15) is 0 Å². The summed E-state index contributed by atoms with van der Waals surface area (Å²) in [5, 5.41) is 9.95. The Labute approximate surface area is 112 Å². The van der Waals surface area contributed by atoms with Crippen LogP contribution in [0.15, 0.2) is 5.16 Å². The van der Waals surface area contributed by atoms with Crippen LogP contribution in [0.3, 0.4) is 0 Å². The van der Waals surface area contributed by atoms with Crippen LogP contribution in [-0.4, -0.2) is 26.3 Å². The van der Waals surface area contributed by atoms with E-state index in [1.165, 1.54) is 31.5 Å². The van der Waals surface area contributed by atoms with E-state index in [0.29, 0.717) is 17.9 Å². The summed E-state index contributed by atoms with van der Waals surface area (Å²) in [5.74, 6) is 4.64. The normalized spacial score (nSPS) is 21.8. The Morgan fingerprint density at radius 3 is 2.71 bits per heavy atom. The second-order valence-corrected chi connectivity index (χ2v) is 6.67. The van der Waals surface area contributed by atoms with Crippen LogP contribution in [0.5, 0.6) is 0 Å². The molecule has 1 unspecified atom stereocenters. The quantitative estimate of drug-likeness (QED) is 0.636. The second-order valence-electron chi connectivity index (χ2n) is 5.31. The summed E-state index contributed by atoms with van der Waals surface area (Å²) in [6.07, 6.45) is 5.24. The Bertz CT molecular complexity index is 396. The van der Waals surface area contributed by atoms with Gasteiger partial charge in [0.25, 0.3) is 0 Å². The lowest BCUT2D eigenvalue weighted by molar-refractivity contribution is 0.625. The number of rotatable bonds is 6. The largest absolute Gasteiger partial charge is 0.303 e. The minimum absolute atomic E-state index is 0.636. The van der Waals surface area contributed by atoms with Gasteiger partial charge in [-0.15, -0.1) is 10.2 Å². The van der Waals surface area contributed by atoms with Gasteiger partial charge in [0.15, 0.2) is 5.16 Å². The molecule has 0 N–H and O–H groups in total. The van der Waals surface area contributed by atoms with Gasteiger partial charge in [-0.3, -0.25) is 0 Å². The van der Waals surface area contributed by atoms with Gasteiger partial charge in [-0.2, -0.15) is 12.6 Å². The highest BCUT2D eigenvalue weighted by atomic mass is 32.2. The lowest BCUT2D eigenvalue weighted by Gasteiger charge is -2.10. The molecule has 5 heteroatoms. The second kappa shape index (κ2) is 4.84. The first-order chi connectivity index (χ1) is 8.29. The van der Waals surface area contributed by atoms with E-state index < -0.39 is 0 Å². The van der Waals surface area contributed by atoms with Gasteiger partial charge in [0.1, 0.15) is 5.82 Å². The molecule has 0 bridgehead atoms. The fraction of sp³-hybridized carbons (Fsp3) is 0.833. The van der Waals surface area contributed by atoms with Gasteiger partial charge >= 0.3 is 0 Å². The maximum absolute atomic E-state index is 4.42. The molecule has 2 saturated carbocycles. The first-order valence-electron chi connectivity index (χ1n) is 6.48. The number of aromatic nitrogens is 3. The standard InChI is InChI=1S/C12H19N3S2/c1-8(6-16)7-17-12-14-13-11(9-2-3-9)15(12)10-4-5-10/h8-10,16H,2-7H2,1H3. The Hall–Kier alpha value is -0.160. The highest BCUT2D eigenvalue weighted by molar-refractivity contribution is 7.99. The summed E-state index contributed by atoms with van der Waals surface area (Å²) in [5.41, 5.74) is 0. The molecule has 2 fully saturated rings. The third kappa shape index (κ3) is 2.65. The average Bonchev–Trinajstić information content (AvgIpc) is 3.24. The third-order valence-electron chi connectivity index (χ3n) is 3.35. The molecule has 3 rings (SSSR count). The van der Waals surface area contributed by atoms with Crippen LogP contribution in [0.25, 0.3) is 0 Å². The van der Waals surface area contributed by atoms with Gasteiger partial charge in [0.05, 0.1) is 0 Å². The molecule has 94 valence electrons. The molecule has 0 spiro atoms. The van der Waals surface area contributed by atoms with Crippen LogP contribution in [0.1, 0.15) is 50.4 Å². The summed E-state index contributed by atoms with van der Waals surface area (Å²) in [7, 11) is 0. The van der Waals surface area contributed by atoms with Gasteiger partial charge in [0.2, 0.25) is 0 Å². The summed E-state index contributed by atoms with van der Waals surface area (Å²) in [4.78, 5) is 0. The molecule has 2 aliphatic rings. The van der Waals surface area contributed by atoms with Crippen molar-refractivity contribution in [3.8, 4) is 0 Å². The summed E-state index contributed by atoms with van der Waals surface area (Å²) in [6.45, 7) is 2.24. The molecule has 2 aliphatic carbocycles. The smallest absolute Gasteiger partial charge is 0.191 e. The maximum atomic E-state index is 4.42. The highest BCUT2D eigenvalue weighted by Crippen LogP contribution is 2.46. The summed E-state index contributed by atoms with van der Waals surface area (Å²) < 4.78 is 2.42. The highest BCUT2D eigenvalue weighted by Gasteiger charge is 2.36. The van der Waals surface area contributed by atoms with Crippen molar-refractivity contribution in [1.82, 2.24) is 14.8 Å². The Morgan fingerprint density at radius 2 is 2.12 bits per heavy atom. The maximum Gasteiger partial charge on any atom is 0.191 e. The van der Waals surface area contributed by atoms with E-state index in [4.69, 9.17) is 0 Å². The zero-order valence-corrected chi connectivity index (χ0v) is 11.9. The van der Waals surface area contributed by atoms with Gasteiger partial charge < -0.3 is 4.57 Å². The first kappa shape index (κ1) is 11.9. The van der Waals surface area contributed by atoms with Gasteiger partial charge in [-0.25, -0.2) is 0 Å². The van der Waals surface area contributed by atoms with Crippen molar-refractivity contribution in [3.05, 3.63) is 5.82 Å². The van der Waals surface area contributed by atoms with Crippen molar-refractivity contribution >= 4 is 24.4 Å². The van der Waals surface area contributed by atoms with E-state index in [0.717, 1.165) is 16.7 Å². The van der Waals surface area contributed by atoms with Crippen LogP contribution in [0.2, 0.25) is 0 Å². The van der Waals surface area contributed by atoms with Crippen molar-refractivity contribution in [3.63, 3.8) is 0 Å². The SMILES string of the molecule is CC(CS)CSc1nnc(C2CC2)n1C1CC1. The minimum Gasteiger partial charge on any atom is -0.303 e. The zero-order valence-electron chi connectivity index (χ0n) is 10.2. The monoisotopic (exact) mass is 269 g/mol. The molecular formula is C12H19N3S2. The molecule has 3 nitrogen and oxygen atoms in total. The number of nitrogens with zero attached hydrogens (tertiary/aromatic N) is 3. The van der Waals surface area contributed by atoms with Gasteiger partial charge in [-0.1, -0.05) is 18.7 Å². The van der Waals surface area contributed by atoms with Crippen molar-refractivity contribution < 1.29 is 0 Å². The molecular weight excluding hydrogens is 250 g/mol. The molecule has 0 saturated heterocycles. The molecule has 0 amide bonds. The molecule has 1 atom stereocenters. The molecule has 1 aromatic rings. The fourth-order valence-electron chi connectivity index (χ4n) is 1.95. The first-order valence-corrected chi connectivity index (χ1v) is 8.10. The van der Waals surface area contributed by atoms with Crippen LogP contribution in [0, 0.1) is 5.92 Å². The lowest BCUT2D eigenvalue weighted by atomic mass is 10.3. The Morgan fingerprint density at radius 1 is 1.35 bits per heavy atom. The molecule has 1 heterocycles. The van der Waals surface area contributed by atoms with Crippen LogP contribution in [-0.2, 0) is 0 Å². The average molecular weight is 269 g/mol. The predicted octanol–water partition coefficient (Wildman–Crippen LogP) is 3.15. The number of hydrogen-bond donors (Lipinski definition) is 1. The Balaban J connectivity index is 1.74. The lowest BCUT2D eigenvalue weighted by Crippen LogP contribution is -2.04. The number of thioether (sulfide) groups is 1. The topological polar surface area (TPSA) is 30.7 Å². The number of thiol groups is 1. The minimum atomic E-state index is 0.636. The molecule has 0 aliphatic heterocycles. The van der Waals surface area contributed by atoms with E-state index >= 15 is 0 Å². The van der Waals surface area contributed by atoms with Crippen LogP contribution < -0.4 is 0 Å². The van der Waals surface area contributed by atoms with E-state index in [1.54, 1.807) is 0 Å². The zero-order chi connectivity index (χ0) is 11.8. The third-order valence-corrected chi connectivity index (χ3v) is 5.25. The van der Waals surface area contributed by atoms with Crippen molar-refractivity contribution in [2.45, 2.75) is 49.7 Å². The molecule has 17 heavy (non-hydrogen) atoms. The summed E-state index contributed by atoms with van der Waals surface area (Å²) in [6, 6.07) is 0.703. The number of hydrogen-bond acceptors (Lipinski definition) is 4. The molecule has 0 aromatic carbocycles. The van der Waals surface area contributed by atoms with Gasteiger partial charge in [-0.05, 0) is 37.4 Å².